The number of rotatable bonds is 3. The fraction of sp³-hybridized carbons (Fsp3) is 0. The summed E-state index contributed by atoms with van der Waals surface area (Å²) in [5.74, 6) is 0.0820. The summed E-state index contributed by atoms with van der Waals surface area (Å²) in [6.07, 6.45) is 1.52. The normalized spacial score (nSPS) is 11.5. The lowest BCUT2D eigenvalue weighted by Crippen LogP contribution is -1.82. The van der Waals surface area contributed by atoms with E-state index in [0.717, 1.165) is 0 Å². The van der Waals surface area contributed by atoms with E-state index < -0.39 is 0 Å². The van der Waals surface area contributed by atoms with Crippen molar-refractivity contribution in [2.75, 3.05) is 0 Å². The van der Waals surface area contributed by atoms with E-state index in [1.807, 2.05) is 0 Å². The molecule has 0 atom stereocenters. The van der Waals surface area contributed by atoms with E-state index in [1.165, 1.54) is 24.4 Å². The van der Waals surface area contributed by atoms with E-state index in [9.17, 15) is 9.50 Å². The lowest BCUT2D eigenvalue weighted by Gasteiger charge is -1.99. The van der Waals surface area contributed by atoms with Gasteiger partial charge in [-0.25, -0.2) is 9.37 Å². The van der Waals surface area contributed by atoms with Crippen LogP contribution in [0.5, 0.6) is 5.75 Å². The van der Waals surface area contributed by atoms with Crippen molar-refractivity contribution in [1.82, 2.24) is 4.98 Å². The first-order valence-corrected chi connectivity index (χ1v) is 8.15. The van der Waals surface area contributed by atoms with Crippen molar-refractivity contribution in [3.63, 3.8) is 0 Å². The Bertz CT molecular complexity index is 1140. The van der Waals surface area contributed by atoms with Gasteiger partial charge in [0.2, 0.25) is 5.89 Å². The van der Waals surface area contributed by atoms with E-state index in [-0.39, 0.29) is 11.6 Å². The second-order valence-electron chi connectivity index (χ2n) is 5.64. The van der Waals surface area contributed by atoms with Crippen molar-refractivity contribution < 1.29 is 13.9 Å². The molecule has 0 saturated carbocycles. The fourth-order valence-corrected chi connectivity index (χ4v) is 2.69. The minimum Gasteiger partial charge on any atom is -0.507 e. The highest BCUT2D eigenvalue weighted by Crippen LogP contribution is 2.28. The molecule has 0 aliphatic rings. The van der Waals surface area contributed by atoms with Gasteiger partial charge in [0.1, 0.15) is 17.1 Å². The van der Waals surface area contributed by atoms with Crippen LogP contribution >= 0.6 is 11.6 Å². The number of phenols is 1. The quantitative estimate of drug-likeness (QED) is 0.470. The number of aromatic nitrogens is 1. The molecule has 1 aromatic heterocycles. The summed E-state index contributed by atoms with van der Waals surface area (Å²) in [7, 11) is 0. The van der Waals surface area contributed by atoms with Gasteiger partial charge in [0.05, 0.1) is 5.69 Å². The second kappa shape index (κ2) is 6.61. The number of hydrogen-bond donors (Lipinski definition) is 1. The lowest BCUT2D eigenvalue weighted by atomic mass is 10.2. The van der Waals surface area contributed by atoms with E-state index in [0.29, 0.717) is 38.8 Å². The van der Waals surface area contributed by atoms with Crippen molar-refractivity contribution in [3.8, 4) is 17.2 Å². The number of fused-ring (bicyclic) bond motifs is 1. The molecule has 1 N–H and O–H groups in total. The van der Waals surface area contributed by atoms with Crippen LogP contribution in [0.25, 0.3) is 22.6 Å². The first-order chi connectivity index (χ1) is 12.6. The largest absolute Gasteiger partial charge is 0.507 e. The maximum atomic E-state index is 13.4. The molecule has 1 heterocycles. The third-order valence-electron chi connectivity index (χ3n) is 3.79. The summed E-state index contributed by atoms with van der Waals surface area (Å²) in [6, 6.07) is 16.1. The van der Waals surface area contributed by atoms with E-state index in [4.69, 9.17) is 16.0 Å². The highest BCUT2D eigenvalue weighted by atomic mass is 35.5. The van der Waals surface area contributed by atoms with Crippen LogP contribution in [0, 0.1) is 5.82 Å². The Hall–Kier alpha value is -3.18. The molecule has 3 aromatic carbocycles. The van der Waals surface area contributed by atoms with Gasteiger partial charge in [-0.15, -0.1) is 0 Å². The van der Waals surface area contributed by atoms with Gasteiger partial charge in [-0.05, 0) is 54.6 Å². The van der Waals surface area contributed by atoms with Crippen LogP contribution < -0.4 is 0 Å². The second-order valence-corrected chi connectivity index (χ2v) is 6.08. The van der Waals surface area contributed by atoms with Gasteiger partial charge >= 0.3 is 0 Å². The van der Waals surface area contributed by atoms with E-state index in [2.05, 4.69) is 9.98 Å². The zero-order valence-electron chi connectivity index (χ0n) is 13.4. The van der Waals surface area contributed by atoms with Crippen molar-refractivity contribution in [2.45, 2.75) is 0 Å². The minimum absolute atomic E-state index is 0.0917. The molecule has 0 aliphatic heterocycles. The van der Waals surface area contributed by atoms with Gasteiger partial charge in [-0.1, -0.05) is 17.7 Å². The number of benzene rings is 3. The number of aromatic hydroxyl groups is 1. The molecule has 0 bridgehead atoms. The smallest absolute Gasteiger partial charge is 0.227 e. The van der Waals surface area contributed by atoms with Crippen LogP contribution in [0.1, 0.15) is 5.56 Å². The Morgan fingerprint density at radius 1 is 1.08 bits per heavy atom. The maximum absolute atomic E-state index is 13.4. The molecule has 26 heavy (non-hydrogen) atoms. The summed E-state index contributed by atoms with van der Waals surface area (Å²) in [5, 5.41) is 10.3. The predicted octanol–water partition coefficient (Wildman–Crippen LogP) is 5.74. The van der Waals surface area contributed by atoms with Crippen LogP contribution in [-0.2, 0) is 0 Å². The molecule has 4 nitrogen and oxygen atoms in total. The predicted molar refractivity (Wildman–Crippen MR) is 99.8 cm³/mol. The first kappa shape index (κ1) is 16.3. The van der Waals surface area contributed by atoms with Crippen molar-refractivity contribution in [3.05, 3.63) is 77.1 Å². The number of hydrogen-bond acceptors (Lipinski definition) is 4. The van der Waals surface area contributed by atoms with Crippen molar-refractivity contribution >= 4 is 34.6 Å². The number of nitrogens with zero attached hydrogens (tertiary/aromatic N) is 2. The molecule has 0 radical (unpaired) electrons. The molecular weight excluding hydrogens is 355 g/mol. The lowest BCUT2D eigenvalue weighted by molar-refractivity contribution is 0.474. The fourth-order valence-electron chi connectivity index (χ4n) is 2.51. The highest BCUT2D eigenvalue weighted by Gasteiger charge is 2.09. The number of phenolic OH excluding ortho intramolecular Hbond substituents is 1. The molecule has 0 unspecified atom stereocenters. The molecule has 4 aromatic rings. The zero-order valence-corrected chi connectivity index (χ0v) is 14.1. The van der Waals surface area contributed by atoms with Gasteiger partial charge in [0, 0.05) is 22.4 Å². The molecular formula is C20H12ClFN2O2. The molecule has 0 spiro atoms. The summed E-state index contributed by atoms with van der Waals surface area (Å²) in [4.78, 5) is 8.73. The summed E-state index contributed by atoms with van der Waals surface area (Å²) in [6.45, 7) is 0. The molecule has 0 saturated heterocycles. The van der Waals surface area contributed by atoms with Gasteiger partial charge in [0.25, 0.3) is 0 Å². The average molecular weight is 367 g/mol. The number of oxazole rings is 1. The van der Waals surface area contributed by atoms with Crippen LogP contribution in [-0.4, -0.2) is 16.3 Å². The third kappa shape index (κ3) is 3.30. The van der Waals surface area contributed by atoms with Gasteiger partial charge in [0.15, 0.2) is 5.58 Å². The zero-order chi connectivity index (χ0) is 18.1. The first-order valence-electron chi connectivity index (χ1n) is 7.77. The molecule has 0 aliphatic carbocycles. The summed E-state index contributed by atoms with van der Waals surface area (Å²) < 4.78 is 19.1. The Balaban J connectivity index is 1.67. The Morgan fingerprint density at radius 2 is 1.96 bits per heavy atom. The van der Waals surface area contributed by atoms with Crippen LogP contribution in [0.2, 0.25) is 5.02 Å². The van der Waals surface area contributed by atoms with Crippen molar-refractivity contribution in [1.29, 1.82) is 0 Å². The Labute approximate surface area is 153 Å². The molecule has 6 heteroatoms. The number of halogens is 2. The standard InChI is InChI=1S/C20H12ClFN2O2/c21-14-4-6-18(25)13(8-14)11-23-16-5-7-19-17(10-16)24-20(26-19)12-2-1-3-15(22)9-12/h1-11,25H. The topological polar surface area (TPSA) is 58.6 Å². The average Bonchev–Trinajstić information content (AvgIpc) is 3.06. The van der Waals surface area contributed by atoms with Gasteiger partial charge in [-0.3, -0.25) is 4.99 Å². The van der Waals surface area contributed by atoms with E-state index >= 15 is 0 Å². The molecule has 128 valence electrons. The molecule has 4 rings (SSSR count). The molecule has 0 fully saturated rings. The Morgan fingerprint density at radius 3 is 2.81 bits per heavy atom. The highest BCUT2D eigenvalue weighted by molar-refractivity contribution is 6.30. The summed E-state index contributed by atoms with van der Waals surface area (Å²) >= 11 is 5.93. The minimum atomic E-state index is -0.351. The SMILES string of the molecule is Oc1ccc(Cl)cc1C=Nc1ccc2oc(-c3cccc(F)c3)nc2c1. The van der Waals surface area contributed by atoms with Gasteiger partial charge < -0.3 is 9.52 Å². The van der Waals surface area contributed by atoms with Crippen LogP contribution in [0.4, 0.5) is 10.1 Å². The maximum Gasteiger partial charge on any atom is 0.227 e. The van der Waals surface area contributed by atoms with Crippen LogP contribution in [0.3, 0.4) is 0 Å². The Kier molecular flexibility index (Phi) is 4.14. The summed E-state index contributed by atoms with van der Waals surface area (Å²) in [5.41, 5.74) is 2.90. The van der Waals surface area contributed by atoms with Crippen molar-refractivity contribution in [2.24, 2.45) is 4.99 Å². The third-order valence-corrected chi connectivity index (χ3v) is 4.02. The van der Waals surface area contributed by atoms with E-state index in [1.54, 1.807) is 42.5 Å². The monoisotopic (exact) mass is 366 g/mol. The number of aliphatic imine (C=N–C) groups is 1. The van der Waals surface area contributed by atoms with Crippen LogP contribution in [0.15, 0.2) is 70.1 Å². The molecule has 0 amide bonds. The van der Waals surface area contributed by atoms with Gasteiger partial charge in [-0.2, -0.15) is 0 Å².